The number of anilines is 1. The van der Waals surface area contributed by atoms with Gasteiger partial charge in [-0.1, -0.05) is 25.1 Å². The maximum atomic E-state index is 3.69. The van der Waals surface area contributed by atoms with E-state index in [1.165, 1.54) is 37.1 Å². The Morgan fingerprint density at radius 3 is 2.88 bits per heavy atom. The van der Waals surface area contributed by atoms with Gasteiger partial charge in [-0.15, -0.1) is 0 Å². The van der Waals surface area contributed by atoms with Crippen molar-refractivity contribution in [2.24, 2.45) is 0 Å². The standard InChI is InChI=1S/C15H24N2/c1-3-11-16-14-9-7-12-17(4-2)15-10-6-5-8-13(14)15/h5-6,8,10,14,16H,3-4,7,9,11-12H2,1-2H3. The van der Waals surface area contributed by atoms with Crippen LogP contribution in [-0.4, -0.2) is 19.6 Å². The van der Waals surface area contributed by atoms with Crippen molar-refractivity contribution in [2.45, 2.75) is 39.2 Å². The Bertz CT molecular complexity index is 349. The minimum absolute atomic E-state index is 0.544. The van der Waals surface area contributed by atoms with E-state index in [-0.39, 0.29) is 0 Å². The molecule has 1 atom stereocenters. The normalized spacial score (nSPS) is 19.9. The third-order valence-corrected chi connectivity index (χ3v) is 3.60. The van der Waals surface area contributed by atoms with E-state index in [4.69, 9.17) is 0 Å². The first-order valence-corrected chi connectivity index (χ1v) is 6.94. The molecule has 0 spiro atoms. The maximum Gasteiger partial charge on any atom is 0.0414 e. The summed E-state index contributed by atoms with van der Waals surface area (Å²) in [6.45, 7) is 7.89. The van der Waals surface area contributed by atoms with Crippen LogP contribution in [0.5, 0.6) is 0 Å². The van der Waals surface area contributed by atoms with Crippen LogP contribution in [0.1, 0.15) is 44.7 Å². The van der Waals surface area contributed by atoms with Gasteiger partial charge in [0.05, 0.1) is 0 Å². The molecular formula is C15H24N2. The molecule has 1 N–H and O–H groups in total. The van der Waals surface area contributed by atoms with Gasteiger partial charge in [0.25, 0.3) is 0 Å². The molecule has 2 rings (SSSR count). The molecule has 17 heavy (non-hydrogen) atoms. The molecule has 94 valence electrons. The summed E-state index contributed by atoms with van der Waals surface area (Å²) in [5.41, 5.74) is 2.92. The molecule has 1 heterocycles. The zero-order chi connectivity index (χ0) is 12.1. The van der Waals surface area contributed by atoms with E-state index in [0.29, 0.717) is 6.04 Å². The number of para-hydroxylation sites is 1. The Hall–Kier alpha value is -1.02. The first-order valence-electron chi connectivity index (χ1n) is 6.94. The molecule has 2 nitrogen and oxygen atoms in total. The summed E-state index contributed by atoms with van der Waals surface area (Å²) in [5, 5.41) is 3.69. The number of hydrogen-bond donors (Lipinski definition) is 1. The predicted molar refractivity (Wildman–Crippen MR) is 74.6 cm³/mol. The summed E-state index contributed by atoms with van der Waals surface area (Å²) >= 11 is 0. The molecule has 1 aromatic carbocycles. The van der Waals surface area contributed by atoms with Crippen LogP contribution < -0.4 is 10.2 Å². The third kappa shape index (κ3) is 2.81. The van der Waals surface area contributed by atoms with E-state index in [9.17, 15) is 0 Å². The number of benzene rings is 1. The van der Waals surface area contributed by atoms with E-state index in [1.807, 2.05) is 0 Å². The maximum absolute atomic E-state index is 3.69. The lowest BCUT2D eigenvalue weighted by molar-refractivity contribution is 0.496. The Morgan fingerprint density at radius 2 is 2.12 bits per heavy atom. The largest absolute Gasteiger partial charge is 0.372 e. The van der Waals surface area contributed by atoms with Crippen molar-refractivity contribution >= 4 is 5.69 Å². The Balaban J connectivity index is 2.25. The molecule has 0 aromatic heterocycles. The second kappa shape index (κ2) is 6.06. The SMILES string of the molecule is CCCNC1CCCN(CC)c2ccccc21. The van der Waals surface area contributed by atoms with Crippen LogP contribution in [0.2, 0.25) is 0 Å². The monoisotopic (exact) mass is 232 g/mol. The van der Waals surface area contributed by atoms with Gasteiger partial charge in [-0.25, -0.2) is 0 Å². The van der Waals surface area contributed by atoms with Crippen molar-refractivity contribution < 1.29 is 0 Å². The van der Waals surface area contributed by atoms with Crippen molar-refractivity contribution in [3.63, 3.8) is 0 Å². The van der Waals surface area contributed by atoms with Crippen LogP contribution in [0, 0.1) is 0 Å². The van der Waals surface area contributed by atoms with E-state index >= 15 is 0 Å². The molecule has 0 saturated carbocycles. The van der Waals surface area contributed by atoms with Gasteiger partial charge in [-0.05, 0) is 44.4 Å². The zero-order valence-electron chi connectivity index (χ0n) is 11.1. The van der Waals surface area contributed by atoms with Gasteiger partial charge in [0, 0.05) is 24.8 Å². The smallest absolute Gasteiger partial charge is 0.0414 e. The lowest BCUT2D eigenvalue weighted by Gasteiger charge is -2.24. The van der Waals surface area contributed by atoms with Gasteiger partial charge in [0.1, 0.15) is 0 Å². The van der Waals surface area contributed by atoms with Crippen LogP contribution in [0.4, 0.5) is 5.69 Å². The van der Waals surface area contributed by atoms with Crippen LogP contribution in [0.3, 0.4) is 0 Å². The van der Waals surface area contributed by atoms with E-state index in [0.717, 1.165) is 13.1 Å². The average molecular weight is 232 g/mol. The average Bonchev–Trinajstić information content (AvgIpc) is 2.55. The quantitative estimate of drug-likeness (QED) is 0.856. The molecule has 1 aromatic rings. The molecular weight excluding hydrogens is 208 g/mol. The molecule has 0 bridgehead atoms. The summed E-state index contributed by atoms with van der Waals surface area (Å²) in [6, 6.07) is 9.42. The summed E-state index contributed by atoms with van der Waals surface area (Å²) in [7, 11) is 0. The molecule has 0 aliphatic carbocycles. The van der Waals surface area contributed by atoms with Crippen molar-refractivity contribution in [3.8, 4) is 0 Å². The van der Waals surface area contributed by atoms with Crippen molar-refractivity contribution in [2.75, 3.05) is 24.5 Å². The minimum atomic E-state index is 0.544. The minimum Gasteiger partial charge on any atom is -0.372 e. The van der Waals surface area contributed by atoms with Gasteiger partial charge in [-0.2, -0.15) is 0 Å². The van der Waals surface area contributed by atoms with E-state index < -0.39 is 0 Å². The lowest BCUT2D eigenvalue weighted by atomic mass is 10.0. The third-order valence-electron chi connectivity index (χ3n) is 3.60. The van der Waals surface area contributed by atoms with Gasteiger partial charge in [-0.3, -0.25) is 0 Å². The molecule has 1 unspecified atom stereocenters. The number of nitrogens with zero attached hydrogens (tertiary/aromatic N) is 1. The van der Waals surface area contributed by atoms with E-state index in [1.54, 1.807) is 0 Å². The number of nitrogens with one attached hydrogen (secondary N) is 1. The van der Waals surface area contributed by atoms with Crippen molar-refractivity contribution in [3.05, 3.63) is 29.8 Å². The summed E-state index contributed by atoms with van der Waals surface area (Å²) in [5.74, 6) is 0. The highest BCUT2D eigenvalue weighted by Gasteiger charge is 2.20. The number of fused-ring (bicyclic) bond motifs is 1. The van der Waals surface area contributed by atoms with Gasteiger partial charge >= 0.3 is 0 Å². The van der Waals surface area contributed by atoms with Gasteiger partial charge < -0.3 is 10.2 Å². The zero-order valence-corrected chi connectivity index (χ0v) is 11.1. The molecule has 0 amide bonds. The first-order chi connectivity index (χ1) is 8.36. The summed E-state index contributed by atoms with van der Waals surface area (Å²) < 4.78 is 0. The fourth-order valence-corrected chi connectivity index (χ4v) is 2.69. The lowest BCUT2D eigenvalue weighted by Crippen LogP contribution is -2.24. The van der Waals surface area contributed by atoms with Gasteiger partial charge in [0.15, 0.2) is 0 Å². The summed E-state index contributed by atoms with van der Waals surface area (Å²) in [4.78, 5) is 2.50. The molecule has 1 aliphatic heterocycles. The van der Waals surface area contributed by atoms with E-state index in [2.05, 4.69) is 48.3 Å². The highest BCUT2D eigenvalue weighted by Crippen LogP contribution is 2.32. The fraction of sp³-hybridized carbons (Fsp3) is 0.600. The predicted octanol–water partition coefficient (Wildman–Crippen LogP) is 3.35. The Kier molecular flexibility index (Phi) is 4.43. The molecule has 2 heteroatoms. The van der Waals surface area contributed by atoms with Crippen molar-refractivity contribution in [1.82, 2.24) is 5.32 Å². The van der Waals surface area contributed by atoms with Gasteiger partial charge in [0.2, 0.25) is 0 Å². The first kappa shape index (κ1) is 12.4. The highest BCUT2D eigenvalue weighted by atomic mass is 15.1. The van der Waals surface area contributed by atoms with Crippen LogP contribution >= 0.6 is 0 Å². The highest BCUT2D eigenvalue weighted by molar-refractivity contribution is 5.55. The second-order valence-electron chi connectivity index (χ2n) is 4.79. The molecule has 1 aliphatic rings. The topological polar surface area (TPSA) is 15.3 Å². The second-order valence-corrected chi connectivity index (χ2v) is 4.79. The Labute approximate surface area is 105 Å². The fourth-order valence-electron chi connectivity index (χ4n) is 2.69. The Morgan fingerprint density at radius 1 is 1.29 bits per heavy atom. The molecule has 0 saturated heterocycles. The molecule has 0 radical (unpaired) electrons. The van der Waals surface area contributed by atoms with Crippen molar-refractivity contribution in [1.29, 1.82) is 0 Å². The van der Waals surface area contributed by atoms with Crippen LogP contribution in [0.25, 0.3) is 0 Å². The number of hydrogen-bond acceptors (Lipinski definition) is 2. The molecule has 0 fully saturated rings. The number of rotatable bonds is 4. The van der Waals surface area contributed by atoms with Crippen LogP contribution in [0.15, 0.2) is 24.3 Å². The summed E-state index contributed by atoms with van der Waals surface area (Å²) in [6.07, 6.45) is 3.74. The van der Waals surface area contributed by atoms with Crippen LogP contribution in [-0.2, 0) is 0 Å².